The highest BCUT2D eigenvalue weighted by Gasteiger charge is 2.31. The molecule has 1 nitrogen and oxygen atoms in total. The molecular weight excluding hydrogens is 368 g/mol. The van der Waals surface area contributed by atoms with Crippen LogP contribution in [-0.2, 0) is 0 Å². The third-order valence-corrected chi connectivity index (χ3v) is 3.50. The van der Waals surface area contributed by atoms with Crippen LogP contribution in [0.5, 0.6) is 5.75 Å². The van der Waals surface area contributed by atoms with Crippen molar-refractivity contribution in [3.8, 4) is 16.9 Å². The number of benzene rings is 2. The molecule has 0 N–H and O–H groups in total. The predicted molar refractivity (Wildman–Crippen MR) is 76.0 cm³/mol. The maximum atomic E-state index is 12.1. The topological polar surface area (TPSA) is 9.23 Å². The van der Waals surface area contributed by atoms with E-state index < -0.39 is 6.36 Å². The van der Waals surface area contributed by atoms with Gasteiger partial charge in [0.15, 0.2) is 0 Å². The zero-order valence-corrected chi connectivity index (χ0v) is 12.1. The van der Waals surface area contributed by atoms with Gasteiger partial charge in [0.1, 0.15) is 5.75 Å². The van der Waals surface area contributed by atoms with E-state index in [-0.39, 0.29) is 5.75 Å². The van der Waals surface area contributed by atoms with Gasteiger partial charge in [-0.1, -0.05) is 24.3 Å². The maximum absolute atomic E-state index is 12.1. The molecule has 0 spiro atoms. The van der Waals surface area contributed by atoms with Gasteiger partial charge in [-0.2, -0.15) is 0 Å². The van der Waals surface area contributed by atoms with E-state index in [1.807, 2.05) is 53.8 Å². The van der Waals surface area contributed by atoms with E-state index in [9.17, 15) is 13.2 Å². The Hall–Kier alpha value is -1.24. The van der Waals surface area contributed by atoms with Gasteiger partial charge in [0.25, 0.3) is 0 Å². The number of hydrogen-bond acceptors (Lipinski definition) is 1. The first kappa shape index (κ1) is 14.2. The fraction of sp³-hybridized carbons (Fsp3) is 0.143. The summed E-state index contributed by atoms with van der Waals surface area (Å²) in [4.78, 5) is 0. The number of hydrogen-bond donors (Lipinski definition) is 0. The van der Waals surface area contributed by atoms with Crippen LogP contribution in [0.25, 0.3) is 11.1 Å². The normalized spacial score (nSPS) is 11.4. The SMILES string of the molecule is Cc1ccccc1-c1ccc(OC(F)(F)F)cc1I. The molecule has 2 aromatic rings. The number of aryl methyl sites for hydroxylation is 1. The lowest BCUT2D eigenvalue weighted by Gasteiger charge is -2.12. The molecule has 0 saturated heterocycles. The average Bonchev–Trinajstić information content (AvgIpc) is 2.28. The molecular formula is C14H10F3IO. The minimum absolute atomic E-state index is 0.200. The summed E-state index contributed by atoms with van der Waals surface area (Å²) in [5.41, 5.74) is 2.98. The van der Waals surface area contributed by atoms with Crippen LogP contribution in [-0.4, -0.2) is 6.36 Å². The van der Waals surface area contributed by atoms with Gasteiger partial charge in [0, 0.05) is 3.57 Å². The van der Waals surface area contributed by atoms with E-state index in [0.717, 1.165) is 16.7 Å². The first-order chi connectivity index (χ1) is 8.87. The van der Waals surface area contributed by atoms with Crippen molar-refractivity contribution in [3.05, 3.63) is 51.6 Å². The van der Waals surface area contributed by atoms with E-state index in [0.29, 0.717) is 3.57 Å². The number of alkyl halides is 3. The molecule has 0 amide bonds. The Bertz CT molecular complexity index is 593. The molecule has 5 heteroatoms. The third-order valence-electron chi connectivity index (χ3n) is 2.61. The van der Waals surface area contributed by atoms with Gasteiger partial charge in [-0.3, -0.25) is 0 Å². The Morgan fingerprint density at radius 3 is 2.26 bits per heavy atom. The summed E-state index contributed by atoms with van der Waals surface area (Å²) in [6.45, 7) is 1.96. The maximum Gasteiger partial charge on any atom is 0.573 e. The van der Waals surface area contributed by atoms with E-state index in [2.05, 4.69) is 4.74 Å². The van der Waals surface area contributed by atoms with E-state index in [1.54, 1.807) is 6.07 Å². The Morgan fingerprint density at radius 1 is 1.00 bits per heavy atom. The lowest BCUT2D eigenvalue weighted by Crippen LogP contribution is -2.17. The predicted octanol–water partition coefficient (Wildman–Crippen LogP) is 5.17. The Balaban J connectivity index is 2.38. The van der Waals surface area contributed by atoms with Gasteiger partial charge in [0.2, 0.25) is 0 Å². The first-order valence-electron chi connectivity index (χ1n) is 5.48. The summed E-state index contributed by atoms with van der Waals surface area (Å²) in [5, 5.41) is 0. The largest absolute Gasteiger partial charge is 0.573 e. The molecule has 2 aromatic carbocycles. The van der Waals surface area contributed by atoms with Crippen molar-refractivity contribution in [1.29, 1.82) is 0 Å². The average molecular weight is 378 g/mol. The molecule has 0 saturated carbocycles. The van der Waals surface area contributed by atoms with E-state index >= 15 is 0 Å². The lowest BCUT2D eigenvalue weighted by molar-refractivity contribution is -0.274. The Labute approximate surface area is 122 Å². The standard InChI is InChI=1S/C14H10F3IO/c1-9-4-2-3-5-11(9)12-7-6-10(8-13(12)18)19-14(15,16)17/h2-8H,1H3. The highest BCUT2D eigenvalue weighted by molar-refractivity contribution is 14.1. The van der Waals surface area contributed by atoms with Crippen LogP contribution in [0.1, 0.15) is 5.56 Å². The van der Waals surface area contributed by atoms with Crippen molar-refractivity contribution in [3.63, 3.8) is 0 Å². The molecule has 0 aliphatic carbocycles. The molecule has 0 unspecified atom stereocenters. The highest BCUT2D eigenvalue weighted by Crippen LogP contribution is 2.32. The van der Waals surface area contributed by atoms with Gasteiger partial charge in [0.05, 0.1) is 0 Å². The monoisotopic (exact) mass is 378 g/mol. The van der Waals surface area contributed by atoms with Crippen LogP contribution >= 0.6 is 22.6 Å². The van der Waals surface area contributed by atoms with Gasteiger partial charge in [-0.15, -0.1) is 13.2 Å². The fourth-order valence-corrected chi connectivity index (χ4v) is 2.56. The lowest BCUT2D eigenvalue weighted by atomic mass is 10.0. The minimum atomic E-state index is -4.66. The van der Waals surface area contributed by atoms with Crippen molar-refractivity contribution in [2.24, 2.45) is 0 Å². The van der Waals surface area contributed by atoms with Crippen molar-refractivity contribution < 1.29 is 17.9 Å². The van der Waals surface area contributed by atoms with Crippen molar-refractivity contribution in [2.45, 2.75) is 13.3 Å². The molecule has 0 bridgehead atoms. The summed E-state index contributed by atoms with van der Waals surface area (Å²) in [6, 6.07) is 12.1. The van der Waals surface area contributed by atoms with Crippen molar-refractivity contribution in [2.75, 3.05) is 0 Å². The van der Waals surface area contributed by atoms with Gasteiger partial charge >= 0.3 is 6.36 Å². The van der Waals surface area contributed by atoms with Crippen LogP contribution in [0.2, 0.25) is 0 Å². The smallest absolute Gasteiger partial charge is 0.406 e. The summed E-state index contributed by atoms with van der Waals surface area (Å²) < 4.78 is 41.0. The zero-order chi connectivity index (χ0) is 14.0. The van der Waals surface area contributed by atoms with Gasteiger partial charge in [-0.25, -0.2) is 0 Å². The van der Waals surface area contributed by atoms with Crippen molar-refractivity contribution in [1.82, 2.24) is 0 Å². The quantitative estimate of drug-likeness (QED) is 0.656. The molecule has 0 heterocycles. The summed E-state index contributed by atoms with van der Waals surface area (Å²) in [7, 11) is 0. The molecule has 100 valence electrons. The molecule has 0 aliphatic rings. The van der Waals surface area contributed by atoms with Gasteiger partial charge < -0.3 is 4.74 Å². The molecule has 0 aromatic heterocycles. The highest BCUT2D eigenvalue weighted by atomic mass is 127. The third kappa shape index (κ3) is 3.62. The second kappa shape index (κ2) is 5.40. The zero-order valence-electron chi connectivity index (χ0n) is 9.96. The van der Waals surface area contributed by atoms with Crippen LogP contribution in [0, 0.1) is 10.5 Å². The van der Waals surface area contributed by atoms with Gasteiger partial charge in [-0.05, 0) is 64.4 Å². The summed E-state index contributed by atoms with van der Waals surface area (Å²) in [6.07, 6.45) is -4.66. The molecule has 0 aliphatic heterocycles. The van der Waals surface area contributed by atoms with E-state index in [1.165, 1.54) is 12.1 Å². The number of rotatable bonds is 2. The second-order valence-electron chi connectivity index (χ2n) is 4.00. The molecule has 0 fully saturated rings. The van der Waals surface area contributed by atoms with Crippen LogP contribution in [0.3, 0.4) is 0 Å². The fourth-order valence-electron chi connectivity index (χ4n) is 1.79. The molecule has 0 atom stereocenters. The second-order valence-corrected chi connectivity index (χ2v) is 5.17. The first-order valence-corrected chi connectivity index (χ1v) is 6.56. The number of halogens is 4. The van der Waals surface area contributed by atoms with Crippen molar-refractivity contribution >= 4 is 22.6 Å². The van der Waals surface area contributed by atoms with Crippen LogP contribution in [0.4, 0.5) is 13.2 Å². The van der Waals surface area contributed by atoms with E-state index in [4.69, 9.17) is 0 Å². The minimum Gasteiger partial charge on any atom is -0.406 e. The van der Waals surface area contributed by atoms with Crippen LogP contribution < -0.4 is 4.74 Å². The summed E-state index contributed by atoms with van der Waals surface area (Å²) >= 11 is 2.01. The Morgan fingerprint density at radius 2 is 1.68 bits per heavy atom. The van der Waals surface area contributed by atoms with Crippen LogP contribution in [0.15, 0.2) is 42.5 Å². The summed E-state index contributed by atoms with van der Waals surface area (Å²) in [5.74, 6) is -0.200. The molecule has 19 heavy (non-hydrogen) atoms. The molecule has 2 rings (SSSR count). The Kier molecular flexibility index (Phi) is 4.03. The number of ether oxygens (including phenoxy) is 1. The molecule has 0 radical (unpaired) electrons.